The molecule has 0 aliphatic carbocycles. The van der Waals surface area contributed by atoms with E-state index >= 15 is 0 Å². The summed E-state index contributed by atoms with van der Waals surface area (Å²) in [4.78, 5) is 25.2. The molecule has 4 nitrogen and oxygen atoms in total. The molecule has 3 aromatic carbocycles. The summed E-state index contributed by atoms with van der Waals surface area (Å²) in [6, 6.07) is 25.0. The number of hydrogen-bond donors (Lipinski definition) is 2. The summed E-state index contributed by atoms with van der Waals surface area (Å²) in [7, 11) is 0. The lowest BCUT2D eigenvalue weighted by molar-refractivity contribution is -0.117. The molecule has 4 heteroatoms. The molecule has 0 aliphatic rings. The normalized spacial score (nSPS) is 11.5. The Labute approximate surface area is 178 Å². The van der Waals surface area contributed by atoms with Crippen LogP contribution in [0.15, 0.2) is 78.9 Å². The van der Waals surface area contributed by atoms with E-state index in [4.69, 9.17) is 0 Å². The van der Waals surface area contributed by atoms with E-state index in [9.17, 15) is 9.59 Å². The van der Waals surface area contributed by atoms with Crippen molar-refractivity contribution in [1.29, 1.82) is 0 Å². The Balaban J connectivity index is 1.57. The van der Waals surface area contributed by atoms with Crippen LogP contribution >= 0.6 is 0 Å². The van der Waals surface area contributed by atoms with Gasteiger partial charge < -0.3 is 10.6 Å². The monoisotopic (exact) mass is 400 g/mol. The third kappa shape index (κ3) is 6.05. The molecule has 0 heterocycles. The third-order valence-electron chi connectivity index (χ3n) is 5.19. The second-order valence-corrected chi connectivity index (χ2v) is 7.68. The number of nitrogens with one attached hydrogen (secondary N) is 2. The maximum atomic E-state index is 12.6. The first-order valence-electron chi connectivity index (χ1n) is 10.3. The maximum absolute atomic E-state index is 12.6. The molecular formula is C26H28N2O2. The van der Waals surface area contributed by atoms with Crippen LogP contribution in [0.3, 0.4) is 0 Å². The number of hydrogen-bond acceptors (Lipinski definition) is 2. The Morgan fingerprint density at radius 1 is 0.833 bits per heavy atom. The second kappa shape index (κ2) is 10.4. The molecule has 154 valence electrons. The molecular weight excluding hydrogens is 372 g/mol. The fourth-order valence-electron chi connectivity index (χ4n) is 3.41. The minimum atomic E-state index is -0.189. The van der Waals surface area contributed by atoms with E-state index in [0.717, 1.165) is 24.1 Å². The van der Waals surface area contributed by atoms with Crippen LogP contribution in [0.25, 0.3) is 0 Å². The molecule has 0 spiro atoms. The lowest BCUT2D eigenvalue weighted by Crippen LogP contribution is -2.18. The lowest BCUT2D eigenvalue weighted by Gasteiger charge is -2.15. The fourth-order valence-corrected chi connectivity index (χ4v) is 3.41. The van der Waals surface area contributed by atoms with Crippen molar-refractivity contribution in [1.82, 2.24) is 0 Å². The van der Waals surface area contributed by atoms with Gasteiger partial charge in [0.2, 0.25) is 5.91 Å². The van der Waals surface area contributed by atoms with Gasteiger partial charge in [0.15, 0.2) is 0 Å². The van der Waals surface area contributed by atoms with E-state index in [-0.39, 0.29) is 17.7 Å². The molecule has 0 aliphatic heterocycles. The summed E-state index contributed by atoms with van der Waals surface area (Å²) in [6.45, 7) is 3.95. The van der Waals surface area contributed by atoms with Crippen molar-refractivity contribution in [2.24, 2.45) is 5.92 Å². The van der Waals surface area contributed by atoms with Crippen molar-refractivity contribution in [3.8, 4) is 0 Å². The van der Waals surface area contributed by atoms with Gasteiger partial charge in [-0.15, -0.1) is 0 Å². The van der Waals surface area contributed by atoms with Crippen molar-refractivity contribution in [2.75, 3.05) is 10.6 Å². The van der Waals surface area contributed by atoms with Crippen LogP contribution in [-0.4, -0.2) is 11.8 Å². The van der Waals surface area contributed by atoms with Crippen LogP contribution in [0, 0.1) is 12.8 Å². The zero-order chi connectivity index (χ0) is 21.3. The number of rotatable bonds is 8. The van der Waals surface area contributed by atoms with E-state index < -0.39 is 0 Å². The van der Waals surface area contributed by atoms with E-state index in [1.54, 1.807) is 12.1 Å². The van der Waals surface area contributed by atoms with Crippen molar-refractivity contribution in [3.63, 3.8) is 0 Å². The van der Waals surface area contributed by atoms with Crippen molar-refractivity contribution in [3.05, 3.63) is 95.6 Å². The van der Waals surface area contributed by atoms with Crippen molar-refractivity contribution in [2.45, 2.75) is 33.1 Å². The average Bonchev–Trinajstić information content (AvgIpc) is 2.75. The molecule has 0 saturated heterocycles. The highest BCUT2D eigenvalue weighted by Gasteiger charge is 2.15. The summed E-state index contributed by atoms with van der Waals surface area (Å²) < 4.78 is 0. The number of aryl methyl sites for hydroxylation is 1. The first-order valence-corrected chi connectivity index (χ1v) is 10.3. The molecule has 2 N–H and O–H groups in total. The van der Waals surface area contributed by atoms with Gasteiger partial charge in [0.25, 0.3) is 5.91 Å². The smallest absolute Gasteiger partial charge is 0.256 e. The van der Waals surface area contributed by atoms with Gasteiger partial charge in [-0.1, -0.05) is 61.5 Å². The number of carbonyl (C=O) groups excluding carboxylic acids is 2. The van der Waals surface area contributed by atoms with Crippen LogP contribution in [-0.2, 0) is 11.2 Å². The standard InChI is InChI=1S/C26H28N2O2/c1-19(16-17-21-10-5-3-6-11-21)18-25(29)28-24-15-9-14-23(20(24)2)26(30)27-22-12-7-4-8-13-22/h3-15,19H,16-18H2,1-2H3,(H,27,30)(H,28,29). The Bertz CT molecular complexity index is 984. The molecule has 0 radical (unpaired) electrons. The molecule has 0 saturated carbocycles. The Hall–Kier alpha value is -3.40. The van der Waals surface area contributed by atoms with Gasteiger partial charge in [0, 0.05) is 23.4 Å². The van der Waals surface area contributed by atoms with Crippen LogP contribution in [0.5, 0.6) is 0 Å². The topological polar surface area (TPSA) is 58.2 Å². The van der Waals surface area contributed by atoms with E-state index in [1.807, 2.05) is 61.5 Å². The summed E-state index contributed by atoms with van der Waals surface area (Å²) in [5.41, 5.74) is 4.02. The molecule has 1 unspecified atom stereocenters. The Morgan fingerprint density at radius 3 is 2.20 bits per heavy atom. The van der Waals surface area contributed by atoms with Crippen LogP contribution in [0.1, 0.15) is 41.3 Å². The van der Waals surface area contributed by atoms with E-state index in [2.05, 4.69) is 29.7 Å². The van der Waals surface area contributed by atoms with E-state index in [0.29, 0.717) is 17.7 Å². The predicted molar refractivity (Wildman–Crippen MR) is 123 cm³/mol. The van der Waals surface area contributed by atoms with Gasteiger partial charge in [-0.05, 0) is 61.1 Å². The summed E-state index contributed by atoms with van der Waals surface area (Å²) in [5.74, 6) is 0.0559. The third-order valence-corrected chi connectivity index (χ3v) is 5.19. The van der Waals surface area contributed by atoms with Crippen molar-refractivity contribution < 1.29 is 9.59 Å². The molecule has 2 amide bonds. The van der Waals surface area contributed by atoms with E-state index in [1.165, 1.54) is 5.56 Å². The largest absolute Gasteiger partial charge is 0.326 e. The Morgan fingerprint density at radius 2 is 1.50 bits per heavy atom. The first kappa shape index (κ1) is 21.3. The molecule has 0 fully saturated rings. The first-order chi connectivity index (χ1) is 14.5. The molecule has 0 bridgehead atoms. The minimum Gasteiger partial charge on any atom is -0.326 e. The van der Waals surface area contributed by atoms with Crippen LogP contribution in [0.4, 0.5) is 11.4 Å². The molecule has 3 aromatic rings. The number of amides is 2. The van der Waals surface area contributed by atoms with Gasteiger partial charge in [0.1, 0.15) is 0 Å². The zero-order valence-electron chi connectivity index (χ0n) is 17.5. The van der Waals surface area contributed by atoms with Gasteiger partial charge in [0.05, 0.1) is 0 Å². The lowest BCUT2D eigenvalue weighted by atomic mass is 9.97. The highest BCUT2D eigenvalue weighted by atomic mass is 16.2. The summed E-state index contributed by atoms with van der Waals surface area (Å²) in [5, 5.41) is 5.87. The maximum Gasteiger partial charge on any atom is 0.256 e. The highest BCUT2D eigenvalue weighted by molar-refractivity contribution is 6.06. The van der Waals surface area contributed by atoms with Gasteiger partial charge >= 0.3 is 0 Å². The molecule has 30 heavy (non-hydrogen) atoms. The molecule has 3 rings (SSSR count). The summed E-state index contributed by atoms with van der Waals surface area (Å²) >= 11 is 0. The SMILES string of the molecule is Cc1c(NC(=O)CC(C)CCc2ccccc2)cccc1C(=O)Nc1ccccc1. The van der Waals surface area contributed by atoms with Gasteiger partial charge in [-0.2, -0.15) is 0 Å². The number of benzene rings is 3. The Kier molecular flexibility index (Phi) is 7.39. The fraction of sp³-hybridized carbons (Fsp3) is 0.231. The highest BCUT2D eigenvalue weighted by Crippen LogP contribution is 2.22. The van der Waals surface area contributed by atoms with Crippen LogP contribution < -0.4 is 10.6 Å². The van der Waals surface area contributed by atoms with Gasteiger partial charge in [-0.3, -0.25) is 9.59 Å². The van der Waals surface area contributed by atoms with Crippen molar-refractivity contribution >= 4 is 23.2 Å². The molecule has 0 aromatic heterocycles. The predicted octanol–water partition coefficient (Wildman–Crippen LogP) is 5.84. The summed E-state index contributed by atoms with van der Waals surface area (Å²) in [6.07, 6.45) is 2.37. The van der Waals surface area contributed by atoms with Gasteiger partial charge in [-0.25, -0.2) is 0 Å². The minimum absolute atomic E-state index is 0.0284. The van der Waals surface area contributed by atoms with Crippen LogP contribution in [0.2, 0.25) is 0 Å². The number of anilines is 2. The zero-order valence-corrected chi connectivity index (χ0v) is 17.5. The quantitative estimate of drug-likeness (QED) is 0.499. The number of carbonyl (C=O) groups is 2. The second-order valence-electron chi connectivity index (χ2n) is 7.68. The average molecular weight is 401 g/mol. The molecule has 1 atom stereocenters. The number of para-hydroxylation sites is 1.